The number of allylic oxidation sites excluding steroid dienone is 1. The standard InChI is InChI=1S/C14H16N2O/c1-3-11(2)14-13(17)9-15-16(14)10-12-7-5-4-6-8-12/h3-9,11,17H,1,10H2,2H3. The smallest absolute Gasteiger partial charge is 0.157 e. The molecule has 0 aliphatic heterocycles. The molecule has 0 bridgehead atoms. The Morgan fingerprint density at radius 3 is 2.76 bits per heavy atom. The lowest BCUT2D eigenvalue weighted by Gasteiger charge is -2.11. The highest BCUT2D eigenvalue weighted by atomic mass is 16.3. The topological polar surface area (TPSA) is 38.1 Å². The first-order valence-electron chi connectivity index (χ1n) is 5.63. The van der Waals surface area contributed by atoms with Crippen LogP contribution in [0.25, 0.3) is 0 Å². The van der Waals surface area contributed by atoms with E-state index in [4.69, 9.17) is 0 Å². The lowest BCUT2D eigenvalue weighted by atomic mass is 10.1. The minimum atomic E-state index is 0.0845. The molecule has 0 radical (unpaired) electrons. The monoisotopic (exact) mass is 228 g/mol. The van der Waals surface area contributed by atoms with E-state index in [-0.39, 0.29) is 11.7 Å². The molecular weight excluding hydrogens is 212 g/mol. The maximum atomic E-state index is 9.78. The summed E-state index contributed by atoms with van der Waals surface area (Å²) in [4.78, 5) is 0. The van der Waals surface area contributed by atoms with Gasteiger partial charge in [-0.3, -0.25) is 4.68 Å². The van der Waals surface area contributed by atoms with Crippen LogP contribution in [0.15, 0.2) is 49.2 Å². The molecule has 0 saturated carbocycles. The molecule has 1 unspecified atom stereocenters. The van der Waals surface area contributed by atoms with E-state index in [9.17, 15) is 5.11 Å². The molecule has 2 rings (SSSR count). The molecule has 0 amide bonds. The molecule has 3 nitrogen and oxygen atoms in total. The van der Waals surface area contributed by atoms with E-state index in [1.807, 2.05) is 41.9 Å². The van der Waals surface area contributed by atoms with Crippen LogP contribution < -0.4 is 0 Å². The van der Waals surface area contributed by atoms with Crippen molar-refractivity contribution in [2.75, 3.05) is 0 Å². The third-order valence-corrected chi connectivity index (χ3v) is 2.82. The van der Waals surface area contributed by atoms with E-state index >= 15 is 0 Å². The predicted octanol–water partition coefficient (Wildman–Crippen LogP) is 2.93. The number of aromatic nitrogens is 2. The zero-order valence-electron chi connectivity index (χ0n) is 9.87. The molecule has 0 aliphatic rings. The second kappa shape index (κ2) is 4.87. The molecule has 1 heterocycles. The average molecular weight is 228 g/mol. The SMILES string of the molecule is C=CC(C)c1c(O)cnn1Cc1ccccc1. The van der Waals surface area contributed by atoms with Crippen LogP contribution in [0.4, 0.5) is 0 Å². The maximum Gasteiger partial charge on any atom is 0.157 e. The summed E-state index contributed by atoms with van der Waals surface area (Å²) in [6.07, 6.45) is 3.29. The van der Waals surface area contributed by atoms with Crippen molar-refractivity contribution >= 4 is 0 Å². The van der Waals surface area contributed by atoms with Gasteiger partial charge in [0.1, 0.15) is 0 Å². The summed E-state index contributed by atoms with van der Waals surface area (Å²) < 4.78 is 1.82. The molecule has 2 aromatic rings. The van der Waals surface area contributed by atoms with Gasteiger partial charge < -0.3 is 5.11 Å². The van der Waals surface area contributed by atoms with Crippen molar-refractivity contribution in [2.45, 2.75) is 19.4 Å². The zero-order valence-corrected chi connectivity index (χ0v) is 9.87. The van der Waals surface area contributed by atoms with Crippen LogP contribution >= 0.6 is 0 Å². The van der Waals surface area contributed by atoms with Crippen LogP contribution in [0.2, 0.25) is 0 Å². The minimum absolute atomic E-state index is 0.0845. The predicted molar refractivity (Wildman–Crippen MR) is 68.0 cm³/mol. The molecule has 0 spiro atoms. The van der Waals surface area contributed by atoms with E-state index in [0.29, 0.717) is 6.54 Å². The van der Waals surface area contributed by atoms with Gasteiger partial charge in [0.2, 0.25) is 0 Å². The molecule has 1 aromatic heterocycles. The van der Waals surface area contributed by atoms with Crippen molar-refractivity contribution in [3.05, 3.63) is 60.4 Å². The molecule has 0 saturated heterocycles. The highest BCUT2D eigenvalue weighted by Crippen LogP contribution is 2.26. The van der Waals surface area contributed by atoms with E-state index in [2.05, 4.69) is 11.7 Å². The molecule has 1 atom stereocenters. The summed E-state index contributed by atoms with van der Waals surface area (Å²) in [5, 5.41) is 14.0. The number of hydrogen-bond acceptors (Lipinski definition) is 2. The van der Waals surface area contributed by atoms with E-state index < -0.39 is 0 Å². The van der Waals surface area contributed by atoms with Crippen LogP contribution in [0.1, 0.15) is 24.1 Å². The Kier molecular flexibility index (Phi) is 3.28. The van der Waals surface area contributed by atoms with Crippen LogP contribution in [0, 0.1) is 0 Å². The quantitative estimate of drug-likeness (QED) is 0.817. The third kappa shape index (κ3) is 2.38. The molecule has 1 N–H and O–H groups in total. The fraction of sp³-hybridized carbons (Fsp3) is 0.214. The number of aromatic hydroxyl groups is 1. The maximum absolute atomic E-state index is 9.78. The summed E-state index contributed by atoms with van der Waals surface area (Å²) in [5.41, 5.74) is 1.97. The van der Waals surface area contributed by atoms with Crippen LogP contribution in [0.3, 0.4) is 0 Å². The average Bonchev–Trinajstić information content (AvgIpc) is 2.71. The molecule has 0 aliphatic carbocycles. The van der Waals surface area contributed by atoms with E-state index in [1.165, 1.54) is 6.20 Å². The van der Waals surface area contributed by atoms with Gasteiger partial charge in [-0.2, -0.15) is 5.10 Å². The van der Waals surface area contributed by atoms with Crippen LogP contribution in [0.5, 0.6) is 5.75 Å². The van der Waals surface area contributed by atoms with Gasteiger partial charge in [-0.05, 0) is 5.56 Å². The highest BCUT2D eigenvalue weighted by molar-refractivity contribution is 5.30. The van der Waals surface area contributed by atoms with E-state index in [1.54, 1.807) is 6.08 Å². The Bertz CT molecular complexity index is 502. The largest absolute Gasteiger partial charge is 0.504 e. The fourth-order valence-corrected chi connectivity index (χ4v) is 1.85. The summed E-state index contributed by atoms with van der Waals surface area (Å²) in [6, 6.07) is 10.1. The van der Waals surface area contributed by atoms with Crippen molar-refractivity contribution in [1.29, 1.82) is 0 Å². The lowest BCUT2D eigenvalue weighted by Crippen LogP contribution is -2.07. The summed E-state index contributed by atoms with van der Waals surface area (Å²) in [7, 11) is 0. The molecule has 0 fully saturated rings. The molecule has 3 heteroatoms. The molecular formula is C14H16N2O. The first-order valence-corrected chi connectivity index (χ1v) is 5.63. The second-order valence-electron chi connectivity index (χ2n) is 4.08. The van der Waals surface area contributed by atoms with Gasteiger partial charge in [-0.1, -0.05) is 43.3 Å². The Balaban J connectivity index is 2.31. The Morgan fingerprint density at radius 2 is 2.12 bits per heavy atom. The lowest BCUT2D eigenvalue weighted by molar-refractivity contribution is 0.462. The van der Waals surface area contributed by atoms with Gasteiger partial charge in [0.25, 0.3) is 0 Å². The number of nitrogens with zero attached hydrogens (tertiary/aromatic N) is 2. The highest BCUT2D eigenvalue weighted by Gasteiger charge is 2.14. The summed E-state index contributed by atoms with van der Waals surface area (Å²) in [5.74, 6) is 0.314. The molecule has 1 aromatic carbocycles. The summed E-state index contributed by atoms with van der Waals surface area (Å²) in [6.45, 7) is 6.41. The minimum Gasteiger partial charge on any atom is -0.504 e. The van der Waals surface area contributed by atoms with Crippen LogP contribution in [-0.2, 0) is 6.54 Å². The van der Waals surface area contributed by atoms with Gasteiger partial charge in [0, 0.05) is 5.92 Å². The van der Waals surface area contributed by atoms with Crippen molar-refractivity contribution in [3.8, 4) is 5.75 Å². The number of rotatable bonds is 4. The summed E-state index contributed by atoms with van der Waals surface area (Å²) >= 11 is 0. The first kappa shape index (κ1) is 11.5. The number of benzene rings is 1. The third-order valence-electron chi connectivity index (χ3n) is 2.82. The fourth-order valence-electron chi connectivity index (χ4n) is 1.85. The van der Waals surface area contributed by atoms with Crippen molar-refractivity contribution < 1.29 is 5.11 Å². The Labute approximate surface area is 101 Å². The van der Waals surface area contributed by atoms with Gasteiger partial charge in [-0.25, -0.2) is 0 Å². The van der Waals surface area contributed by atoms with Crippen LogP contribution in [-0.4, -0.2) is 14.9 Å². The van der Waals surface area contributed by atoms with Crippen molar-refractivity contribution in [3.63, 3.8) is 0 Å². The second-order valence-corrected chi connectivity index (χ2v) is 4.08. The van der Waals surface area contributed by atoms with Gasteiger partial charge in [0.05, 0.1) is 18.4 Å². The zero-order chi connectivity index (χ0) is 12.3. The van der Waals surface area contributed by atoms with Gasteiger partial charge in [-0.15, -0.1) is 6.58 Å². The normalized spacial score (nSPS) is 12.3. The number of hydrogen-bond donors (Lipinski definition) is 1. The molecule has 17 heavy (non-hydrogen) atoms. The molecule has 88 valence electrons. The van der Waals surface area contributed by atoms with Crippen molar-refractivity contribution in [2.24, 2.45) is 0 Å². The Hall–Kier alpha value is -2.03. The Morgan fingerprint density at radius 1 is 1.41 bits per heavy atom. The van der Waals surface area contributed by atoms with Gasteiger partial charge in [0.15, 0.2) is 5.75 Å². The van der Waals surface area contributed by atoms with Gasteiger partial charge >= 0.3 is 0 Å². The first-order chi connectivity index (χ1) is 8.22. The van der Waals surface area contributed by atoms with E-state index in [0.717, 1.165) is 11.3 Å². The van der Waals surface area contributed by atoms with Crippen molar-refractivity contribution in [1.82, 2.24) is 9.78 Å².